The van der Waals surface area contributed by atoms with Crippen molar-refractivity contribution >= 4 is 34.0 Å². The standard InChI is InChI=1S/C26H26ClN3O4S/c1-15-23(22(30-11-8-17(31)13-30)18-4-2-3-5-19(18)27)35-25(28-15)29-24(32)26(9-10-26)16-6-7-20-21(12-16)34-14-33-20/h2-7,12,17,22,31H,8-11,13-14H2,1H3,(H,28,29,32)/t17?,22-/m0/s1. The molecule has 7 nitrogen and oxygen atoms in total. The highest BCUT2D eigenvalue weighted by molar-refractivity contribution is 7.16. The Bertz CT molecular complexity index is 1290. The van der Waals surface area contributed by atoms with E-state index in [0.29, 0.717) is 28.2 Å². The molecule has 2 fully saturated rings. The van der Waals surface area contributed by atoms with Gasteiger partial charge in [-0.1, -0.05) is 47.2 Å². The predicted molar refractivity (Wildman–Crippen MR) is 134 cm³/mol. The van der Waals surface area contributed by atoms with Gasteiger partial charge in [-0.25, -0.2) is 4.98 Å². The van der Waals surface area contributed by atoms with E-state index in [9.17, 15) is 9.90 Å². The number of thiazole rings is 1. The molecule has 1 amide bonds. The number of nitrogens with zero attached hydrogens (tertiary/aromatic N) is 2. The SMILES string of the molecule is Cc1nc(NC(=O)C2(c3ccc4c(c3)OCO4)CC2)sc1[C@H](c1ccccc1Cl)N1CCC(O)C1. The zero-order valence-electron chi connectivity index (χ0n) is 19.3. The number of amides is 1. The highest BCUT2D eigenvalue weighted by Crippen LogP contribution is 2.51. The van der Waals surface area contributed by atoms with Crippen LogP contribution < -0.4 is 14.8 Å². The summed E-state index contributed by atoms with van der Waals surface area (Å²) < 4.78 is 10.9. The number of ether oxygens (including phenoxy) is 2. The number of fused-ring (bicyclic) bond motifs is 1. The Morgan fingerprint density at radius 1 is 1.26 bits per heavy atom. The van der Waals surface area contributed by atoms with Crippen molar-refractivity contribution in [3.8, 4) is 11.5 Å². The van der Waals surface area contributed by atoms with Crippen molar-refractivity contribution in [2.75, 3.05) is 25.2 Å². The van der Waals surface area contributed by atoms with Gasteiger partial charge in [-0.15, -0.1) is 0 Å². The largest absolute Gasteiger partial charge is 0.454 e. The Kier molecular flexibility index (Phi) is 5.72. The summed E-state index contributed by atoms with van der Waals surface area (Å²) in [5, 5.41) is 14.5. The van der Waals surface area contributed by atoms with E-state index >= 15 is 0 Å². The van der Waals surface area contributed by atoms with E-state index in [1.807, 2.05) is 49.4 Å². The van der Waals surface area contributed by atoms with Gasteiger partial charge >= 0.3 is 0 Å². The lowest BCUT2D eigenvalue weighted by atomic mass is 9.94. The van der Waals surface area contributed by atoms with Crippen LogP contribution in [0, 0.1) is 6.92 Å². The molecule has 1 aliphatic carbocycles. The van der Waals surface area contributed by atoms with Gasteiger partial charge in [0.15, 0.2) is 16.6 Å². The second kappa shape index (κ2) is 8.78. The maximum Gasteiger partial charge on any atom is 0.236 e. The van der Waals surface area contributed by atoms with Crippen LogP contribution in [0.4, 0.5) is 5.13 Å². The van der Waals surface area contributed by atoms with Gasteiger partial charge in [-0.3, -0.25) is 9.69 Å². The number of carbonyl (C=O) groups excluding carboxylic acids is 1. The van der Waals surface area contributed by atoms with Crippen molar-refractivity contribution in [1.29, 1.82) is 0 Å². The molecule has 0 radical (unpaired) electrons. The van der Waals surface area contributed by atoms with Crippen LogP contribution in [-0.2, 0) is 10.2 Å². The first-order valence-electron chi connectivity index (χ1n) is 11.8. The van der Waals surface area contributed by atoms with Crippen molar-refractivity contribution in [2.24, 2.45) is 0 Å². The molecule has 2 N–H and O–H groups in total. The number of nitrogens with one attached hydrogen (secondary N) is 1. The molecule has 2 atom stereocenters. The van der Waals surface area contributed by atoms with E-state index in [1.165, 1.54) is 11.3 Å². The Morgan fingerprint density at radius 2 is 2.06 bits per heavy atom. The van der Waals surface area contributed by atoms with Crippen LogP contribution in [0.2, 0.25) is 5.02 Å². The lowest BCUT2D eigenvalue weighted by Gasteiger charge is -2.28. The minimum atomic E-state index is -0.568. The molecule has 182 valence electrons. The number of likely N-dealkylation sites (tertiary alicyclic amines) is 1. The van der Waals surface area contributed by atoms with E-state index in [1.54, 1.807) is 0 Å². The molecule has 3 heterocycles. The molecule has 0 bridgehead atoms. The number of hydrogen-bond donors (Lipinski definition) is 2. The van der Waals surface area contributed by atoms with Gasteiger partial charge < -0.3 is 19.9 Å². The predicted octanol–water partition coefficient (Wildman–Crippen LogP) is 4.66. The van der Waals surface area contributed by atoms with E-state index in [4.69, 9.17) is 26.1 Å². The second-order valence-corrected chi connectivity index (χ2v) is 10.9. The lowest BCUT2D eigenvalue weighted by molar-refractivity contribution is -0.118. The first-order chi connectivity index (χ1) is 16.9. The zero-order chi connectivity index (χ0) is 24.2. The number of anilines is 1. The van der Waals surface area contributed by atoms with Crippen molar-refractivity contribution in [3.05, 3.63) is 69.2 Å². The number of rotatable bonds is 6. The maximum atomic E-state index is 13.4. The highest BCUT2D eigenvalue weighted by Gasteiger charge is 2.52. The molecule has 2 aromatic carbocycles. The summed E-state index contributed by atoms with van der Waals surface area (Å²) >= 11 is 8.09. The van der Waals surface area contributed by atoms with E-state index in [-0.39, 0.29) is 24.8 Å². The second-order valence-electron chi connectivity index (χ2n) is 9.43. The third kappa shape index (κ3) is 4.08. The van der Waals surface area contributed by atoms with E-state index in [2.05, 4.69) is 10.2 Å². The molecule has 2 aliphatic heterocycles. The Morgan fingerprint density at radius 3 is 2.80 bits per heavy atom. The molecule has 0 spiro atoms. The first-order valence-corrected chi connectivity index (χ1v) is 13.0. The first kappa shape index (κ1) is 22.8. The smallest absolute Gasteiger partial charge is 0.236 e. The van der Waals surface area contributed by atoms with Crippen LogP contribution in [0.5, 0.6) is 11.5 Å². The van der Waals surface area contributed by atoms with Gasteiger partial charge in [0.2, 0.25) is 12.7 Å². The summed E-state index contributed by atoms with van der Waals surface area (Å²) in [6, 6.07) is 13.4. The van der Waals surface area contributed by atoms with Crippen LogP contribution in [0.15, 0.2) is 42.5 Å². The number of benzene rings is 2. The highest BCUT2D eigenvalue weighted by atomic mass is 35.5. The summed E-state index contributed by atoms with van der Waals surface area (Å²) in [6.45, 7) is 3.51. The van der Waals surface area contributed by atoms with Crippen LogP contribution in [0.3, 0.4) is 0 Å². The van der Waals surface area contributed by atoms with Crippen LogP contribution >= 0.6 is 22.9 Å². The van der Waals surface area contributed by atoms with Crippen molar-refractivity contribution < 1.29 is 19.4 Å². The Hall–Kier alpha value is -2.65. The molecular weight excluding hydrogens is 486 g/mol. The van der Waals surface area contributed by atoms with Gasteiger partial charge in [0.1, 0.15) is 0 Å². The van der Waals surface area contributed by atoms with Crippen LogP contribution in [-0.4, -0.2) is 46.9 Å². The number of aliphatic hydroxyl groups excluding tert-OH is 1. The third-order valence-electron chi connectivity index (χ3n) is 7.17. The fraction of sp³-hybridized carbons (Fsp3) is 0.385. The molecule has 1 saturated heterocycles. The van der Waals surface area contributed by atoms with E-state index < -0.39 is 5.41 Å². The fourth-order valence-corrected chi connectivity index (χ4v) is 6.46. The third-order valence-corrected chi connectivity index (χ3v) is 8.64. The monoisotopic (exact) mass is 511 g/mol. The number of halogens is 1. The summed E-state index contributed by atoms with van der Waals surface area (Å²) in [5.74, 6) is 1.34. The number of β-amino-alcohol motifs (C(OH)–C–C–N with tert-alkyl or cyclic N) is 1. The average Bonchev–Trinajstić information content (AvgIpc) is 3.13. The molecule has 9 heteroatoms. The number of hydrogen-bond acceptors (Lipinski definition) is 7. The topological polar surface area (TPSA) is 83.9 Å². The van der Waals surface area contributed by atoms with Gasteiger partial charge in [0.25, 0.3) is 0 Å². The Balaban J connectivity index is 1.28. The van der Waals surface area contributed by atoms with Gasteiger partial charge in [0, 0.05) is 18.1 Å². The van der Waals surface area contributed by atoms with E-state index in [0.717, 1.165) is 47.5 Å². The molecule has 1 saturated carbocycles. The molecule has 1 aromatic heterocycles. The quantitative estimate of drug-likeness (QED) is 0.501. The van der Waals surface area contributed by atoms with Crippen molar-refractivity contribution in [3.63, 3.8) is 0 Å². The molecule has 1 unspecified atom stereocenters. The van der Waals surface area contributed by atoms with Crippen molar-refractivity contribution in [1.82, 2.24) is 9.88 Å². The normalized spacial score (nSPS) is 21.2. The number of aromatic nitrogens is 1. The van der Waals surface area contributed by atoms with Crippen LogP contribution in [0.1, 0.15) is 47.0 Å². The molecule has 3 aliphatic rings. The van der Waals surface area contributed by atoms with Gasteiger partial charge in [0.05, 0.1) is 28.1 Å². The summed E-state index contributed by atoms with van der Waals surface area (Å²) in [7, 11) is 0. The maximum absolute atomic E-state index is 13.4. The number of aryl methyl sites for hydroxylation is 1. The number of aliphatic hydroxyl groups is 1. The summed E-state index contributed by atoms with van der Waals surface area (Å²) in [5.41, 5.74) is 2.20. The van der Waals surface area contributed by atoms with Gasteiger partial charge in [-0.2, -0.15) is 0 Å². The molecular formula is C26H26ClN3O4S. The average molecular weight is 512 g/mol. The minimum absolute atomic E-state index is 0.0532. The number of carbonyl (C=O) groups is 1. The zero-order valence-corrected chi connectivity index (χ0v) is 20.9. The van der Waals surface area contributed by atoms with Gasteiger partial charge in [-0.05, 0) is 55.5 Å². The van der Waals surface area contributed by atoms with Crippen LogP contribution in [0.25, 0.3) is 0 Å². The van der Waals surface area contributed by atoms with Crippen molar-refractivity contribution in [2.45, 2.75) is 43.7 Å². The summed E-state index contributed by atoms with van der Waals surface area (Å²) in [6.07, 6.45) is 1.93. The Labute approximate surface area is 212 Å². The molecule has 6 rings (SSSR count). The molecule has 3 aromatic rings. The fourth-order valence-electron chi connectivity index (χ4n) is 5.10. The lowest BCUT2D eigenvalue weighted by Crippen LogP contribution is -2.28. The minimum Gasteiger partial charge on any atom is -0.454 e. The summed E-state index contributed by atoms with van der Waals surface area (Å²) in [4.78, 5) is 21.4. The molecule has 35 heavy (non-hydrogen) atoms.